The van der Waals surface area contributed by atoms with Gasteiger partial charge in [0.2, 0.25) is 0 Å². The van der Waals surface area contributed by atoms with Gasteiger partial charge in [-0.2, -0.15) is 0 Å². The number of nitrogens with zero attached hydrogens (tertiary/aromatic N) is 2. The van der Waals surface area contributed by atoms with E-state index in [1.165, 1.54) is 56.3 Å². The van der Waals surface area contributed by atoms with Crippen LogP contribution in [0.1, 0.15) is 56.8 Å². The van der Waals surface area contributed by atoms with E-state index in [0.29, 0.717) is 11.9 Å². The summed E-state index contributed by atoms with van der Waals surface area (Å²) < 4.78 is 2.49. The van der Waals surface area contributed by atoms with Crippen LogP contribution in [0.15, 0.2) is 24.3 Å². The second-order valence-corrected chi connectivity index (χ2v) is 6.20. The van der Waals surface area contributed by atoms with E-state index < -0.39 is 0 Å². The number of fused-ring (bicyclic) bond motifs is 1. The quantitative estimate of drug-likeness (QED) is 0.719. The molecule has 0 spiro atoms. The first kappa shape index (κ1) is 13.9. The maximum atomic E-state index is 5.98. The van der Waals surface area contributed by atoms with Crippen molar-refractivity contribution in [3.05, 3.63) is 30.1 Å². The molecule has 1 fully saturated rings. The number of aryl methyl sites for hydroxylation is 1. The van der Waals surface area contributed by atoms with Crippen LogP contribution in [0.3, 0.4) is 0 Å². The fraction of sp³-hybridized carbons (Fsp3) is 0.588. The Bertz CT molecular complexity index is 553. The number of halogens is 1. The molecule has 1 heterocycles. The highest BCUT2D eigenvalue weighted by Crippen LogP contribution is 2.31. The first-order chi connectivity index (χ1) is 9.90. The van der Waals surface area contributed by atoms with Crippen LogP contribution in [-0.2, 0) is 6.42 Å². The number of aromatic nitrogens is 2. The summed E-state index contributed by atoms with van der Waals surface area (Å²) in [5, 5.41) is 0. The summed E-state index contributed by atoms with van der Waals surface area (Å²) in [6.45, 7) is 0. The Morgan fingerprint density at radius 1 is 1.05 bits per heavy atom. The van der Waals surface area contributed by atoms with E-state index in [1.807, 2.05) is 0 Å². The molecule has 3 heteroatoms. The lowest BCUT2D eigenvalue weighted by Gasteiger charge is -2.24. The lowest BCUT2D eigenvalue weighted by molar-refractivity contribution is 0.371. The Balaban J connectivity index is 2.00. The Kier molecular flexibility index (Phi) is 4.62. The molecular formula is C17H23ClN2. The van der Waals surface area contributed by atoms with Gasteiger partial charge < -0.3 is 4.57 Å². The van der Waals surface area contributed by atoms with E-state index in [1.54, 1.807) is 0 Å². The number of benzene rings is 1. The SMILES string of the molecule is ClCCc1nc2ccccc2n1C1CCCCCCC1. The maximum Gasteiger partial charge on any atom is 0.111 e. The molecule has 108 valence electrons. The van der Waals surface area contributed by atoms with Gasteiger partial charge in [0.25, 0.3) is 0 Å². The molecule has 0 amide bonds. The van der Waals surface area contributed by atoms with Crippen LogP contribution in [0.2, 0.25) is 0 Å². The third kappa shape index (κ3) is 2.85. The number of imidazole rings is 1. The van der Waals surface area contributed by atoms with Gasteiger partial charge in [0.15, 0.2) is 0 Å². The minimum absolute atomic E-state index is 0.612. The molecule has 2 nitrogen and oxygen atoms in total. The zero-order valence-corrected chi connectivity index (χ0v) is 12.8. The minimum Gasteiger partial charge on any atom is -0.325 e. The third-order valence-corrected chi connectivity index (χ3v) is 4.62. The van der Waals surface area contributed by atoms with Gasteiger partial charge >= 0.3 is 0 Å². The van der Waals surface area contributed by atoms with Crippen molar-refractivity contribution in [2.45, 2.75) is 57.4 Å². The van der Waals surface area contributed by atoms with Gasteiger partial charge in [-0.1, -0.05) is 44.2 Å². The second-order valence-electron chi connectivity index (χ2n) is 5.82. The highest BCUT2D eigenvalue weighted by Gasteiger charge is 2.19. The van der Waals surface area contributed by atoms with Gasteiger partial charge in [0.05, 0.1) is 11.0 Å². The van der Waals surface area contributed by atoms with Crippen molar-refractivity contribution in [1.82, 2.24) is 9.55 Å². The third-order valence-electron chi connectivity index (χ3n) is 4.43. The predicted octanol–water partition coefficient (Wildman–Crippen LogP) is 5.10. The lowest BCUT2D eigenvalue weighted by Crippen LogP contribution is -2.14. The van der Waals surface area contributed by atoms with Crippen molar-refractivity contribution >= 4 is 22.6 Å². The molecule has 0 unspecified atom stereocenters. The van der Waals surface area contributed by atoms with Crippen LogP contribution in [0.4, 0.5) is 0 Å². The zero-order chi connectivity index (χ0) is 13.8. The largest absolute Gasteiger partial charge is 0.325 e. The fourth-order valence-corrected chi connectivity index (χ4v) is 3.62. The van der Waals surface area contributed by atoms with E-state index in [4.69, 9.17) is 16.6 Å². The molecule has 1 aromatic heterocycles. The molecule has 3 rings (SSSR count). The summed E-state index contributed by atoms with van der Waals surface area (Å²) in [7, 11) is 0. The average Bonchev–Trinajstić information content (AvgIpc) is 2.77. The highest BCUT2D eigenvalue weighted by molar-refractivity contribution is 6.17. The van der Waals surface area contributed by atoms with Crippen LogP contribution >= 0.6 is 11.6 Å². The summed E-state index contributed by atoms with van der Waals surface area (Å²) in [6.07, 6.45) is 10.3. The van der Waals surface area contributed by atoms with Crippen LogP contribution < -0.4 is 0 Å². The van der Waals surface area contributed by atoms with Gasteiger partial charge in [0, 0.05) is 18.3 Å². The van der Waals surface area contributed by atoms with E-state index >= 15 is 0 Å². The molecule has 1 aliphatic rings. The van der Waals surface area contributed by atoms with Gasteiger partial charge in [-0.25, -0.2) is 4.98 Å². The Morgan fingerprint density at radius 3 is 2.50 bits per heavy atom. The highest BCUT2D eigenvalue weighted by atomic mass is 35.5. The second kappa shape index (κ2) is 6.62. The fourth-order valence-electron chi connectivity index (χ4n) is 3.46. The number of para-hydroxylation sites is 2. The molecule has 0 saturated heterocycles. The molecule has 1 aromatic carbocycles. The number of rotatable bonds is 3. The first-order valence-corrected chi connectivity index (χ1v) is 8.45. The van der Waals surface area contributed by atoms with E-state index in [-0.39, 0.29) is 0 Å². The van der Waals surface area contributed by atoms with Crippen molar-refractivity contribution in [1.29, 1.82) is 0 Å². The minimum atomic E-state index is 0.612. The molecular weight excluding hydrogens is 268 g/mol. The summed E-state index contributed by atoms with van der Waals surface area (Å²) >= 11 is 5.98. The van der Waals surface area contributed by atoms with Gasteiger partial charge in [0.1, 0.15) is 5.82 Å². The normalized spacial score (nSPS) is 18.1. The summed E-state index contributed by atoms with van der Waals surface area (Å²) in [4.78, 5) is 4.81. The molecule has 0 radical (unpaired) electrons. The van der Waals surface area contributed by atoms with Crippen LogP contribution in [0, 0.1) is 0 Å². The Morgan fingerprint density at radius 2 is 1.75 bits per heavy atom. The Labute approximate surface area is 126 Å². The van der Waals surface area contributed by atoms with E-state index in [0.717, 1.165) is 11.9 Å². The predicted molar refractivity (Wildman–Crippen MR) is 85.5 cm³/mol. The molecule has 20 heavy (non-hydrogen) atoms. The van der Waals surface area contributed by atoms with Crippen LogP contribution in [-0.4, -0.2) is 15.4 Å². The standard InChI is InChI=1S/C17H23ClN2/c18-13-12-17-19-15-10-6-7-11-16(15)20(17)14-8-4-2-1-3-5-9-14/h6-7,10-11,14H,1-5,8-9,12-13H2. The van der Waals surface area contributed by atoms with Crippen molar-refractivity contribution in [3.63, 3.8) is 0 Å². The topological polar surface area (TPSA) is 17.8 Å². The van der Waals surface area contributed by atoms with Crippen LogP contribution in [0.5, 0.6) is 0 Å². The molecule has 1 aliphatic carbocycles. The number of alkyl halides is 1. The van der Waals surface area contributed by atoms with Gasteiger partial charge in [-0.15, -0.1) is 11.6 Å². The van der Waals surface area contributed by atoms with Gasteiger partial charge in [-0.3, -0.25) is 0 Å². The van der Waals surface area contributed by atoms with Crippen molar-refractivity contribution in [3.8, 4) is 0 Å². The van der Waals surface area contributed by atoms with Crippen LogP contribution in [0.25, 0.3) is 11.0 Å². The van der Waals surface area contributed by atoms with Crippen molar-refractivity contribution in [2.75, 3.05) is 5.88 Å². The number of hydrogen-bond acceptors (Lipinski definition) is 1. The Hall–Kier alpha value is -1.02. The van der Waals surface area contributed by atoms with Crippen molar-refractivity contribution in [2.24, 2.45) is 0 Å². The van der Waals surface area contributed by atoms with Crippen molar-refractivity contribution < 1.29 is 0 Å². The maximum absolute atomic E-state index is 5.98. The molecule has 0 aliphatic heterocycles. The zero-order valence-electron chi connectivity index (χ0n) is 12.0. The molecule has 1 saturated carbocycles. The van der Waals surface area contributed by atoms with E-state index in [9.17, 15) is 0 Å². The molecule has 0 N–H and O–H groups in total. The van der Waals surface area contributed by atoms with E-state index in [2.05, 4.69) is 28.8 Å². The monoisotopic (exact) mass is 290 g/mol. The first-order valence-electron chi connectivity index (χ1n) is 7.92. The van der Waals surface area contributed by atoms with Gasteiger partial charge in [-0.05, 0) is 25.0 Å². The lowest BCUT2D eigenvalue weighted by atomic mass is 9.96. The smallest absolute Gasteiger partial charge is 0.111 e. The molecule has 0 atom stereocenters. The molecule has 0 bridgehead atoms. The summed E-state index contributed by atoms with van der Waals surface area (Å²) in [5.74, 6) is 1.82. The average molecular weight is 291 g/mol. The number of hydrogen-bond donors (Lipinski definition) is 0. The summed E-state index contributed by atoms with van der Waals surface area (Å²) in [6, 6.07) is 9.13. The molecule has 2 aromatic rings. The summed E-state index contributed by atoms with van der Waals surface area (Å²) in [5.41, 5.74) is 2.41.